The van der Waals surface area contributed by atoms with Crippen molar-refractivity contribution in [3.05, 3.63) is 0 Å². The van der Waals surface area contributed by atoms with Crippen molar-refractivity contribution in [2.75, 3.05) is 6.54 Å². The second-order valence-corrected chi connectivity index (χ2v) is 9.65. The number of likely N-dealkylation sites (tertiary alicyclic amines) is 1. The van der Waals surface area contributed by atoms with Gasteiger partial charge < -0.3 is 26.0 Å². The van der Waals surface area contributed by atoms with Gasteiger partial charge in [-0.3, -0.25) is 14.4 Å². The first kappa shape index (κ1) is 25.7. The van der Waals surface area contributed by atoms with E-state index in [1.54, 1.807) is 20.8 Å². The smallest absolute Gasteiger partial charge is 0.408 e. The molecule has 0 unspecified atom stereocenters. The van der Waals surface area contributed by atoms with Crippen LogP contribution in [0.4, 0.5) is 4.79 Å². The molecule has 1 aliphatic heterocycles. The molecule has 0 bridgehead atoms. The fraction of sp³-hybridized carbons (Fsp3) is 0.810. The Hall–Kier alpha value is -2.32. The Bertz CT molecular complexity index is 642. The van der Waals surface area contributed by atoms with E-state index in [0.717, 1.165) is 0 Å². The number of nitrogens with two attached hydrogens (primary N) is 1. The lowest BCUT2D eigenvalue weighted by Crippen LogP contribution is -2.58. The molecule has 1 aliphatic rings. The molecule has 0 aromatic heterocycles. The maximum atomic E-state index is 13.1. The molecule has 172 valence electrons. The second kappa shape index (κ2) is 10.6. The third kappa shape index (κ3) is 7.84. The Labute approximate surface area is 179 Å². The van der Waals surface area contributed by atoms with Crippen LogP contribution in [0, 0.1) is 11.8 Å². The molecule has 9 nitrogen and oxygen atoms in total. The van der Waals surface area contributed by atoms with Crippen LogP contribution in [0.2, 0.25) is 0 Å². The van der Waals surface area contributed by atoms with Gasteiger partial charge in [0.15, 0.2) is 0 Å². The average Bonchev–Trinajstić information content (AvgIpc) is 3.05. The van der Waals surface area contributed by atoms with Crippen molar-refractivity contribution in [1.29, 1.82) is 0 Å². The lowest BCUT2D eigenvalue weighted by molar-refractivity contribution is -0.142. The van der Waals surface area contributed by atoms with E-state index in [2.05, 4.69) is 10.6 Å². The number of nitrogens with one attached hydrogen (secondary N) is 2. The Morgan fingerprint density at radius 2 is 1.70 bits per heavy atom. The first-order valence-corrected chi connectivity index (χ1v) is 10.6. The van der Waals surface area contributed by atoms with E-state index in [1.165, 1.54) is 4.90 Å². The van der Waals surface area contributed by atoms with Gasteiger partial charge in [-0.15, -0.1) is 0 Å². The lowest BCUT2D eigenvalue weighted by Gasteiger charge is -2.31. The standard InChI is InChI=1S/C21H38N4O5/c1-12(2)11-14(23-20(29)30-21(5,6)7)18(27)24-16(13(3)4)19(28)25-10-8-9-15(25)17(22)26/h12-16H,8-11H2,1-7H3,(H2,22,26)(H,23,29)(H,24,27)/t14-,15+,16-/m0/s1. The quantitative estimate of drug-likeness (QED) is 0.542. The highest BCUT2D eigenvalue weighted by Crippen LogP contribution is 2.20. The molecule has 4 N–H and O–H groups in total. The molecule has 1 saturated heterocycles. The van der Waals surface area contributed by atoms with Gasteiger partial charge in [0.05, 0.1) is 0 Å². The van der Waals surface area contributed by atoms with Gasteiger partial charge in [-0.2, -0.15) is 0 Å². The SMILES string of the molecule is CC(C)C[C@H](NC(=O)OC(C)(C)C)C(=O)N[C@H](C(=O)N1CCC[C@@H]1C(N)=O)C(C)C. The van der Waals surface area contributed by atoms with Crippen molar-refractivity contribution in [2.24, 2.45) is 17.6 Å². The van der Waals surface area contributed by atoms with Crippen LogP contribution in [0.1, 0.15) is 67.7 Å². The third-order valence-electron chi connectivity index (χ3n) is 4.81. The van der Waals surface area contributed by atoms with Gasteiger partial charge in [-0.1, -0.05) is 27.7 Å². The molecule has 0 radical (unpaired) electrons. The van der Waals surface area contributed by atoms with Gasteiger partial charge in [0.25, 0.3) is 0 Å². The summed E-state index contributed by atoms with van der Waals surface area (Å²) in [5, 5.41) is 5.39. The summed E-state index contributed by atoms with van der Waals surface area (Å²) in [6.07, 6.45) is 0.909. The summed E-state index contributed by atoms with van der Waals surface area (Å²) in [7, 11) is 0. The highest BCUT2D eigenvalue weighted by Gasteiger charge is 2.38. The van der Waals surface area contributed by atoms with E-state index in [-0.39, 0.29) is 17.7 Å². The van der Waals surface area contributed by atoms with Crippen molar-refractivity contribution in [2.45, 2.75) is 91.5 Å². The molecule has 0 aromatic carbocycles. The zero-order chi connectivity index (χ0) is 23.2. The molecule has 1 rings (SSSR count). The van der Waals surface area contributed by atoms with E-state index in [4.69, 9.17) is 10.5 Å². The van der Waals surface area contributed by atoms with Crippen LogP contribution in [-0.4, -0.2) is 59.0 Å². The largest absolute Gasteiger partial charge is 0.444 e. The third-order valence-corrected chi connectivity index (χ3v) is 4.81. The summed E-state index contributed by atoms with van der Waals surface area (Å²) in [5.74, 6) is -1.42. The summed E-state index contributed by atoms with van der Waals surface area (Å²) in [4.78, 5) is 51.4. The molecular formula is C21H38N4O5. The van der Waals surface area contributed by atoms with Crippen LogP contribution < -0.4 is 16.4 Å². The highest BCUT2D eigenvalue weighted by molar-refractivity contribution is 5.94. The average molecular weight is 427 g/mol. The monoisotopic (exact) mass is 426 g/mol. The van der Waals surface area contributed by atoms with Gasteiger partial charge >= 0.3 is 6.09 Å². The minimum Gasteiger partial charge on any atom is -0.444 e. The van der Waals surface area contributed by atoms with Gasteiger partial charge in [-0.05, 0) is 51.9 Å². The summed E-state index contributed by atoms with van der Waals surface area (Å²) < 4.78 is 5.26. The predicted octanol–water partition coefficient (Wildman–Crippen LogP) is 1.54. The van der Waals surface area contributed by atoms with Crippen LogP contribution in [0.3, 0.4) is 0 Å². The summed E-state index contributed by atoms with van der Waals surface area (Å²) in [6.45, 7) is 13.1. The van der Waals surface area contributed by atoms with E-state index in [0.29, 0.717) is 25.8 Å². The van der Waals surface area contributed by atoms with Gasteiger partial charge in [-0.25, -0.2) is 4.79 Å². The number of amides is 4. The number of hydrogen-bond donors (Lipinski definition) is 3. The van der Waals surface area contributed by atoms with Crippen LogP contribution in [-0.2, 0) is 19.1 Å². The van der Waals surface area contributed by atoms with Crippen molar-refractivity contribution in [3.63, 3.8) is 0 Å². The zero-order valence-corrected chi connectivity index (χ0v) is 19.3. The van der Waals surface area contributed by atoms with E-state index in [9.17, 15) is 19.2 Å². The highest BCUT2D eigenvalue weighted by atomic mass is 16.6. The molecule has 0 saturated carbocycles. The zero-order valence-electron chi connectivity index (χ0n) is 19.3. The minimum atomic E-state index is -0.848. The van der Waals surface area contributed by atoms with Crippen LogP contribution in [0.15, 0.2) is 0 Å². The Morgan fingerprint density at radius 1 is 1.10 bits per heavy atom. The number of primary amides is 1. The number of nitrogens with zero attached hydrogens (tertiary/aromatic N) is 1. The molecular weight excluding hydrogens is 388 g/mol. The normalized spacial score (nSPS) is 18.8. The molecule has 1 fully saturated rings. The summed E-state index contributed by atoms with van der Waals surface area (Å²) in [5.41, 5.74) is 4.73. The van der Waals surface area contributed by atoms with Crippen LogP contribution >= 0.6 is 0 Å². The molecule has 30 heavy (non-hydrogen) atoms. The maximum Gasteiger partial charge on any atom is 0.408 e. The fourth-order valence-corrected chi connectivity index (χ4v) is 3.43. The number of ether oxygens (including phenoxy) is 1. The first-order chi connectivity index (χ1) is 13.7. The molecule has 4 amide bonds. The van der Waals surface area contributed by atoms with Crippen LogP contribution in [0.5, 0.6) is 0 Å². The van der Waals surface area contributed by atoms with Crippen molar-refractivity contribution in [1.82, 2.24) is 15.5 Å². The van der Waals surface area contributed by atoms with Gasteiger partial charge in [0.2, 0.25) is 17.7 Å². The molecule has 0 aromatic rings. The predicted molar refractivity (Wildman–Crippen MR) is 113 cm³/mol. The Balaban J connectivity index is 2.94. The lowest BCUT2D eigenvalue weighted by atomic mass is 9.99. The molecule has 0 aliphatic carbocycles. The molecule has 3 atom stereocenters. The molecule has 1 heterocycles. The number of carbonyl (C=O) groups excluding carboxylic acids is 4. The summed E-state index contributed by atoms with van der Waals surface area (Å²) >= 11 is 0. The van der Waals surface area contributed by atoms with E-state index < -0.39 is 41.6 Å². The van der Waals surface area contributed by atoms with Crippen molar-refractivity contribution in [3.8, 4) is 0 Å². The minimum absolute atomic E-state index is 0.127. The maximum absolute atomic E-state index is 13.1. The number of hydrogen-bond acceptors (Lipinski definition) is 5. The molecule has 9 heteroatoms. The first-order valence-electron chi connectivity index (χ1n) is 10.6. The fourth-order valence-electron chi connectivity index (χ4n) is 3.43. The second-order valence-electron chi connectivity index (χ2n) is 9.65. The van der Waals surface area contributed by atoms with Crippen molar-refractivity contribution >= 4 is 23.8 Å². The molecule has 0 spiro atoms. The van der Waals surface area contributed by atoms with Gasteiger partial charge in [0, 0.05) is 6.54 Å². The summed E-state index contributed by atoms with van der Waals surface area (Å²) in [6, 6.07) is -2.33. The number of alkyl carbamates (subject to hydrolysis) is 1. The topological polar surface area (TPSA) is 131 Å². The number of carbonyl (C=O) groups is 4. The Kier molecular flexibility index (Phi) is 9.11. The van der Waals surface area contributed by atoms with E-state index in [1.807, 2.05) is 27.7 Å². The van der Waals surface area contributed by atoms with Crippen LogP contribution in [0.25, 0.3) is 0 Å². The Morgan fingerprint density at radius 3 is 2.17 bits per heavy atom. The van der Waals surface area contributed by atoms with E-state index >= 15 is 0 Å². The van der Waals surface area contributed by atoms with Gasteiger partial charge in [0.1, 0.15) is 23.7 Å². The van der Waals surface area contributed by atoms with Crippen molar-refractivity contribution < 1.29 is 23.9 Å². The number of rotatable bonds is 8.